The monoisotopic (exact) mass is 260 g/mol. The standard InChI is InChI=1S/C12H15F3N2O/c13-12(14,15)9-2-6-17-8-10(9)11(18)3-1-5-16-7-4-11/h2,6,8,16,18H,1,3-5,7H2. The maximum Gasteiger partial charge on any atom is 0.416 e. The van der Waals surface area contributed by atoms with E-state index in [1.54, 1.807) is 0 Å². The molecule has 1 aliphatic rings. The van der Waals surface area contributed by atoms with Crippen LogP contribution in [-0.4, -0.2) is 23.2 Å². The van der Waals surface area contributed by atoms with Crippen LogP contribution in [0, 0.1) is 0 Å². The molecule has 0 amide bonds. The van der Waals surface area contributed by atoms with Crippen molar-refractivity contribution in [2.45, 2.75) is 31.0 Å². The van der Waals surface area contributed by atoms with E-state index in [-0.39, 0.29) is 12.0 Å². The van der Waals surface area contributed by atoms with Crippen LogP contribution in [0.25, 0.3) is 0 Å². The van der Waals surface area contributed by atoms with Gasteiger partial charge in [0.1, 0.15) is 0 Å². The Balaban J connectivity index is 2.43. The van der Waals surface area contributed by atoms with Gasteiger partial charge in [0.05, 0.1) is 11.2 Å². The fraction of sp³-hybridized carbons (Fsp3) is 0.583. The third-order valence-corrected chi connectivity index (χ3v) is 3.29. The molecule has 1 aromatic heterocycles. The predicted molar refractivity (Wildman–Crippen MR) is 59.9 cm³/mol. The summed E-state index contributed by atoms with van der Waals surface area (Å²) in [5, 5.41) is 13.6. The molecule has 2 rings (SSSR count). The first kappa shape index (κ1) is 13.3. The van der Waals surface area contributed by atoms with Crippen molar-refractivity contribution in [2.24, 2.45) is 0 Å². The number of pyridine rings is 1. The Bertz CT molecular complexity index is 412. The van der Waals surface area contributed by atoms with Gasteiger partial charge < -0.3 is 10.4 Å². The van der Waals surface area contributed by atoms with Gasteiger partial charge in [0.25, 0.3) is 0 Å². The molecule has 1 aromatic rings. The van der Waals surface area contributed by atoms with Gasteiger partial charge >= 0.3 is 6.18 Å². The zero-order valence-corrected chi connectivity index (χ0v) is 9.80. The fourth-order valence-electron chi connectivity index (χ4n) is 2.33. The van der Waals surface area contributed by atoms with Crippen molar-refractivity contribution < 1.29 is 18.3 Å². The van der Waals surface area contributed by atoms with Crippen molar-refractivity contribution in [3.63, 3.8) is 0 Å². The van der Waals surface area contributed by atoms with Gasteiger partial charge in [-0.15, -0.1) is 0 Å². The second-order valence-corrected chi connectivity index (χ2v) is 4.55. The average molecular weight is 260 g/mol. The van der Waals surface area contributed by atoms with Gasteiger partial charge in [-0.3, -0.25) is 4.98 Å². The smallest absolute Gasteiger partial charge is 0.385 e. The van der Waals surface area contributed by atoms with Crippen LogP contribution in [0.2, 0.25) is 0 Å². The third-order valence-electron chi connectivity index (χ3n) is 3.29. The summed E-state index contributed by atoms with van der Waals surface area (Å²) in [6.45, 7) is 1.21. The van der Waals surface area contributed by atoms with Crippen LogP contribution in [0.3, 0.4) is 0 Å². The first-order chi connectivity index (χ1) is 8.43. The van der Waals surface area contributed by atoms with Gasteiger partial charge in [0.15, 0.2) is 0 Å². The Morgan fingerprint density at radius 3 is 2.78 bits per heavy atom. The van der Waals surface area contributed by atoms with E-state index in [2.05, 4.69) is 10.3 Å². The summed E-state index contributed by atoms with van der Waals surface area (Å²) in [7, 11) is 0. The lowest BCUT2D eigenvalue weighted by Gasteiger charge is -2.29. The molecule has 18 heavy (non-hydrogen) atoms. The number of hydrogen-bond acceptors (Lipinski definition) is 3. The minimum absolute atomic E-state index is 0.110. The molecule has 0 bridgehead atoms. The number of nitrogens with zero attached hydrogens (tertiary/aromatic N) is 1. The van der Waals surface area contributed by atoms with E-state index in [9.17, 15) is 18.3 Å². The van der Waals surface area contributed by atoms with Gasteiger partial charge in [-0.1, -0.05) is 0 Å². The number of rotatable bonds is 1. The van der Waals surface area contributed by atoms with Crippen molar-refractivity contribution in [1.29, 1.82) is 0 Å². The summed E-state index contributed by atoms with van der Waals surface area (Å²) in [5.74, 6) is 0. The van der Waals surface area contributed by atoms with Crippen molar-refractivity contribution >= 4 is 0 Å². The highest BCUT2D eigenvalue weighted by atomic mass is 19.4. The van der Waals surface area contributed by atoms with E-state index < -0.39 is 17.3 Å². The zero-order valence-electron chi connectivity index (χ0n) is 9.80. The van der Waals surface area contributed by atoms with Crippen molar-refractivity contribution in [1.82, 2.24) is 10.3 Å². The summed E-state index contributed by atoms with van der Waals surface area (Å²) < 4.78 is 38.8. The average Bonchev–Trinajstić information content (AvgIpc) is 2.54. The summed E-state index contributed by atoms with van der Waals surface area (Å²) in [4.78, 5) is 3.73. The number of alkyl halides is 3. The Hall–Kier alpha value is -1.14. The zero-order chi connectivity index (χ0) is 13.2. The number of halogens is 3. The molecule has 1 fully saturated rings. The molecule has 1 aliphatic heterocycles. The lowest BCUT2D eigenvalue weighted by atomic mass is 9.85. The van der Waals surface area contributed by atoms with Gasteiger partial charge in [-0.05, 0) is 38.4 Å². The molecule has 0 aromatic carbocycles. The van der Waals surface area contributed by atoms with Crippen LogP contribution < -0.4 is 5.32 Å². The fourth-order valence-corrected chi connectivity index (χ4v) is 2.33. The highest BCUT2D eigenvalue weighted by Gasteiger charge is 2.40. The van der Waals surface area contributed by atoms with Crippen LogP contribution in [0.1, 0.15) is 30.4 Å². The minimum Gasteiger partial charge on any atom is -0.385 e. The van der Waals surface area contributed by atoms with E-state index >= 15 is 0 Å². The van der Waals surface area contributed by atoms with Crippen molar-refractivity contribution in [3.8, 4) is 0 Å². The van der Waals surface area contributed by atoms with Crippen LogP contribution in [0.4, 0.5) is 13.2 Å². The maximum absolute atomic E-state index is 12.9. The molecule has 0 spiro atoms. The Morgan fingerprint density at radius 2 is 2.06 bits per heavy atom. The second-order valence-electron chi connectivity index (χ2n) is 4.55. The molecule has 0 saturated carbocycles. The number of hydrogen-bond donors (Lipinski definition) is 2. The van der Waals surface area contributed by atoms with Gasteiger partial charge in [-0.25, -0.2) is 0 Å². The van der Waals surface area contributed by atoms with Gasteiger partial charge in [-0.2, -0.15) is 13.2 Å². The number of aromatic nitrogens is 1. The van der Waals surface area contributed by atoms with Crippen molar-refractivity contribution in [3.05, 3.63) is 29.6 Å². The van der Waals surface area contributed by atoms with E-state index in [0.717, 1.165) is 18.5 Å². The Labute approximate surface area is 103 Å². The molecule has 6 heteroatoms. The molecule has 1 saturated heterocycles. The molecular weight excluding hydrogens is 245 g/mol. The summed E-state index contributed by atoms with van der Waals surface area (Å²) >= 11 is 0. The van der Waals surface area contributed by atoms with E-state index in [4.69, 9.17) is 0 Å². The van der Waals surface area contributed by atoms with Crippen LogP contribution in [-0.2, 0) is 11.8 Å². The van der Waals surface area contributed by atoms with Gasteiger partial charge in [0, 0.05) is 18.0 Å². The summed E-state index contributed by atoms with van der Waals surface area (Å²) in [5.41, 5.74) is -2.34. The second kappa shape index (κ2) is 4.85. The first-order valence-electron chi connectivity index (χ1n) is 5.88. The van der Waals surface area contributed by atoms with E-state index in [1.807, 2.05) is 0 Å². The predicted octanol–water partition coefficient (Wildman–Crippen LogP) is 2.06. The number of aliphatic hydroxyl groups is 1. The molecule has 2 N–H and O–H groups in total. The highest BCUT2D eigenvalue weighted by molar-refractivity contribution is 5.32. The molecular formula is C12H15F3N2O. The topological polar surface area (TPSA) is 45.2 Å². The lowest BCUT2D eigenvalue weighted by Crippen LogP contribution is -2.30. The minimum atomic E-state index is -4.46. The molecule has 2 heterocycles. The number of nitrogens with one attached hydrogen (secondary N) is 1. The molecule has 100 valence electrons. The largest absolute Gasteiger partial charge is 0.416 e. The van der Waals surface area contributed by atoms with Crippen LogP contribution in [0.5, 0.6) is 0 Å². The Morgan fingerprint density at radius 1 is 1.28 bits per heavy atom. The lowest BCUT2D eigenvalue weighted by molar-refractivity contribution is -0.141. The van der Waals surface area contributed by atoms with Crippen LogP contribution >= 0.6 is 0 Å². The SMILES string of the molecule is OC1(c2cnccc2C(F)(F)F)CCCNCC1. The third kappa shape index (κ3) is 2.64. The highest BCUT2D eigenvalue weighted by Crippen LogP contribution is 2.39. The molecule has 3 nitrogen and oxygen atoms in total. The Kier molecular flexibility index (Phi) is 3.59. The van der Waals surface area contributed by atoms with Crippen molar-refractivity contribution in [2.75, 3.05) is 13.1 Å². The molecule has 1 atom stereocenters. The molecule has 1 unspecified atom stereocenters. The maximum atomic E-state index is 12.9. The summed E-state index contributed by atoms with van der Waals surface area (Å²) in [6, 6.07) is 0.922. The summed E-state index contributed by atoms with van der Waals surface area (Å²) in [6.07, 6.45) is -1.01. The molecule has 0 aliphatic carbocycles. The first-order valence-corrected chi connectivity index (χ1v) is 5.88. The normalized spacial score (nSPS) is 25.8. The van der Waals surface area contributed by atoms with Crippen LogP contribution in [0.15, 0.2) is 18.5 Å². The van der Waals surface area contributed by atoms with E-state index in [0.29, 0.717) is 25.9 Å². The molecule has 0 radical (unpaired) electrons. The van der Waals surface area contributed by atoms with E-state index in [1.165, 1.54) is 0 Å². The quantitative estimate of drug-likeness (QED) is 0.812. The van der Waals surface area contributed by atoms with Gasteiger partial charge in [0.2, 0.25) is 0 Å².